The van der Waals surface area contributed by atoms with Crippen LogP contribution < -0.4 is 16.0 Å². The van der Waals surface area contributed by atoms with Crippen LogP contribution in [-0.4, -0.2) is 39.6 Å². The zero-order valence-electron chi connectivity index (χ0n) is 17.7. The molecule has 2 aromatic carbocycles. The third kappa shape index (κ3) is 4.19. The molecule has 0 bridgehead atoms. The molecule has 1 saturated heterocycles. The number of aryl methyl sites for hydroxylation is 1. The van der Waals surface area contributed by atoms with Crippen molar-refractivity contribution >= 4 is 23.5 Å². The van der Waals surface area contributed by atoms with Crippen molar-refractivity contribution in [2.24, 2.45) is 7.05 Å². The van der Waals surface area contributed by atoms with Crippen LogP contribution >= 0.6 is 11.6 Å². The van der Waals surface area contributed by atoms with Crippen molar-refractivity contribution in [1.82, 2.24) is 25.7 Å². The Morgan fingerprint density at radius 1 is 1.24 bits per heavy atom. The summed E-state index contributed by atoms with van der Waals surface area (Å²) in [5.74, 6) is -0.604. The van der Waals surface area contributed by atoms with Crippen LogP contribution in [-0.2, 0) is 18.8 Å². The fourth-order valence-electron chi connectivity index (χ4n) is 3.95. The Bertz CT molecular complexity index is 1250. The SMILES string of the molecule is Cn1nccc1C1(CNC(=O)c2cccc(Cl)c2-c2ccc(C(F)(F)F)cc2)NC(=O)NC1O. The van der Waals surface area contributed by atoms with Gasteiger partial charge in [-0.3, -0.25) is 9.48 Å². The van der Waals surface area contributed by atoms with Crippen molar-refractivity contribution in [3.8, 4) is 11.1 Å². The van der Waals surface area contributed by atoms with E-state index in [0.717, 1.165) is 12.1 Å². The van der Waals surface area contributed by atoms with E-state index >= 15 is 0 Å². The molecule has 12 heteroatoms. The summed E-state index contributed by atoms with van der Waals surface area (Å²) in [5, 5.41) is 22.5. The van der Waals surface area contributed by atoms with Crippen LogP contribution in [0.5, 0.6) is 0 Å². The highest BCUT2D eigenvalue weighted by Crippen LogP contribution is 2.35. The number of hydrogen-bond acceptors (Lipinski definition) is 4. The summed E-state index contributed by atoms with van der Waals surface area (Å²) in [6, 6.07) is 9.80. The van der Waals surface area contributed by atoms with Gasteiger partial charge in [0.05, 0.1) is 17.8 Å². The van der Waals surface area contributed by atoms with Gasteiger partial charge in [0.15, 0.2) is 6.23 Å². The minimum atomic E-state index is -4.50. The quantitative estimate of drug-likeness (QED) is 0.438. The lowest BCUT2D eigenvalue weighted by molar-refractivity contribution is -0.137. The molecule has 4 rings (SSSR count). The molecule has 8 nitrogen and oxygen atoms in total. The molecule has 1 aromatic heterocycles. The first kappa shape index (κ1) is 23.6. The number of nitrogens with one attached hydrogen (secondary N) is 3. The number of hydrogen-bond donors (Lipinski definition) is 4. The third-order valence-electron chi connectivity index (χ3n) is 5.64. The number of amides is 3. The summed E-state index contributed by atoms with van der Waals surface area (Å²) < 4.78 is 40.3. The van der Waals surface area contributed by atoms with Crippen LogP contribution in [0.15, 0.2) is 54.7 Å². The number of urea groups is 1. The fourth-order valence-corrected chi connectivity index (χ4v) is 4.23. The van der Waals surface area contributed by atoms with Gasteiger partial charge in [0.1, 0.15) is 5.54 Å². The number of halogens is 4. The zero-order chi connectivity index (χ0) is 24.7. The molecule has 1 aliphatic rings. The molecule has 3 amide bonds. The second-order valence-corrected chi connectivity index (χ2v) is 8.14. The number of carbonyl (C=O) groups excluding carboxylic acids is 2. The lowest BCUT2D eigenvalue weighted by atomic mass is 9.93. The lowest BCUT2D eigenvalue weighted by Crippen LogP contribution is -2.55. The highest BCUT2D eigenvalue weighted by atomic mass is 35.5. The summed E-state index contributed by atoms with van der Waals surface area (Å²) in [6.45, 7) is -0.218. The number of carbonyl (C=O) groups is 2. The first-order valence-corrected chi connectivity index (χ1v) is 10.4. The minimum Gasteiger partial charge on any atom is -0.371 e. The second kappa shape index (κ2) is 8.65. The van der Waals surface area contributed by atoms with Crippen LogP contribution in [0.3, 0.4) is 0 Å². The molecule has 2 atom stereocenters. The molecule has 4 N–H and O–H groups in total. The molecule has 3 aromatic rings. The van der Waals surface area contributed by atoms with Gasteiger partial charge >= 0.3 is 12.2 Å². The molecule has 1 aliphatic heterocycles. The van der Waals surface area contributed by atoms with Gasteiger partial charge in [-0.1, -0.05) is 29.8 Å². The van der Waals surface area contributed by atoms with E-state index in [0.29, 0.717) is 11.3 Å². The van der Waals surface area contributed by atoms with Crippen LogP contribution in [0, 0.1) is 0 Å². The predicted octanol–water partition coefficient (Wildman–Crippen LogP) is 3.02. The summed E-state index contributed by atoms with van der Waals surface area (Å²) in [5.41, 5.74) is -1.12. The first-order chi connectivity index (χ1) is 16.0. The number of aromatic nitrogens is 2. The van der Waals surface area contributed by atoms with E-state index in [9.17, 15) is 27.9 Å². The molecule has 1 fully saturated rings. The normalized spacial score (nSPS) is 20.1. The van der Waals surface area contributed by atoms with Gasteiger partial charge in [-0.15, -0.1) is 0 Å². The molecule has 0 aliphatic carbocycles. The Labute approximate surface area is 196 Å². The number of aliphatic hydroxyl groups is 1. The third-order valence-corrected chi connectivity index (χ3v) is 5.95. The number of aliphatic hydroxyl groups excluding tert-OH is 1. The standard InChI is InChI=1S/C22H19ClF3N5O3/c1-31-16(9-10-28-31)21(19(33)29-20(34)30-21)11-27-18(32)14-3-2-4-15(23)17(14)12-5-7-13(8-6-12)22(24,25)26/h2-10,19,33H,11H2,1H3,(H,27,32)(H2,29,30,34). The van der Waals surface area contributed by atoms with E-state index in [4.69, 9.17) is 11.6 Å². The fraction of sp³-hybridized carbons (Fsp3) is 0.227. The van der Waals surface area contributed by atoms with Crippen LogP contribution in [0.2, 0.25) is 5.02 Å². The topological polar surface area (TPSA) is 108 Å². The summed E-state index contributed by atoms with van der Waals surface area (Å²) in [7, 11) is 1.62. The lowest BCUT2D eigenvalue weighted by Gasteiger charge is -2.31. The van der Waals surface area contributed by atoms with Crippen molar-refractivity contribution < 1.29 is 27.9 Å². The van der Waals surface area contributed by atoms with Crippen LogP contribution in [0.1, 0.15) is 21.6 Å². The number of alkyl halides is 3. The van der Waals surface area contributed by atoms with Gasteiger partial charge in [-0.25, -0.2) is 4.79 Å². The summed E-state index contributed by atoms with van der Waals surface area (Å²) in [4.78, 5) is 25.1. The number of benzene rings is 2. The van der Waals surface area contributed by atoms with Gasteiger partial charge in [0.25, 0.3) is 5.91 Å². The Morgan fingerprint density at radius 2 is 1.94 bits per heavy atom. The first-order valence-electron chi connectivity index (χ1n) is 10.0. The van der Waals surface area contributed by atoms with E-state index in [2.05, 4.69) is 21.0 Å². The van der Waals surface area contributed by atoms with Crippen molar-refractivity contribution in [3.05, 3.63) is 76.6 Å². The Hall–Kier alpha value is -3.57. The van der Waals surface area contributed by atoms with Crippen LogP contribution in [0.4, 0.5) is 18.0 Å². The molecule has 0 saturated carbocycles. The van der Waals surface area contributed by atoms with E-state index in [1.807, 2.05) is 0 Å². The largest absolute Gasteiger partial charge is 0.416 e. The molecule has 2 heterocycles. The summed E-state index contributed by atoms with van der Waals surface area (Å²) >= 11 is 6.32. The van der Waals surface area contributed by atoms with Gasteiger partial charge < -0.3 is 21.1 Å². The summed E-state index contributed by atoms with van der Waals surface area (Å²) in [6.07, 6.45) is -4.39. The molecule has 0 radical (unpaired) electrons. The van der Waals surface area contributed by atoms with Gasteiger partial charge in [-0.05, 0) is 35.9 Å². The maximum atomic E-state index is 13.2. The molecule has 2 unspecified atom stereocenters. The molecule has 178 valence electrons. The van der Waals surface area contributed by atoms with Crippen LogP contribution in [0.25, 0.3) is 11.1 Å². The monoisotopic (exact) mass is 493 g/mol. The van der Waals surface area contributed by atoms with E-state index in [1.54, 1.807) is 13.1 Å². The van der Waals surface area contributed by atoms with Crippen molar-refractivity contribution in [1.29, 1.82) is 0 Å². The Kier molecular flexibility index (Phi) is 6.00. The maximum Gasteiger partial charge on any atom is 0.416 e. The average molecular weight is 494 g/mol. The maximum absolute atomic E-state index is 13.2. The van der Waals surface area contributed by atoms with E-state index in [1.165, 1.54) is 41.2 Å². The van der Waals surface area contributed by atoms with Crippen molar-refractivity contribution in [2.75, 3.05) is 6.54 Å². The highest BCUT2D eigenvalue weighted by molar-refractivity contribution is 6.34. The molecular formula is C22H19ClF3N5O3. The minimum absolute atomic E-state index is 0.110. The van der Waals surface area contributed by atoms with Crippen molar-refractivity contribution in [2.45, 2.75) is 17.9 Å². The predicted molar refractivity (Wildman–Crippen MR) is 117 cm³/mol. The smallest absolute Gasteiger partial charge is 0.371 e. The second-order valence-electron chi connectivity index (χ2n) is 7.73. The number of rotatable bonds is 5. The van der Waals surface area contributed by atoms with Crippen molar-refractivity contribution in [3.63, 3.8) is 0 Å². The molecule has 34 heavy (non-hydrogen) atoms. The van der Waals surface area contributed by atoms with Gasteiger partial charge in [0, 0.05) is 29.4 Å². The van der Waals surface area contributed by atoms with E-state index in [-0.39, 0.29) is 22.7 Å². The van der Waals surface area contributed by atoms with Gasteiger partial charge in [0.2, 0.25) is 0 Å². The van der Waals surface area contributed by atoms with E-state index < -0.39 is 35.4 Å². The number of nitrogens with zero attached hydrogens (tertiary/aromatic N) is 2. The highest BCUT2D eigenvalue weighted by Gasteiger charge is 2.49. The van der Waals surface area contributed by atoms with Gasteiger partial charge in [-0.2, -0.15) is 18.3 Å². The molecular weight excluding hydrogens is 475 g/mol. The molecule has 0 spiro atoms. The Balaban J connectivity index is 1.65. The average Bonchev–Trinajstić information content (AvgIpc) is 3.33. The Morgan fingerprint density at radius 3 is 2.50 bits per heavy atom. The zero-order valence-corrected chi connectivity index (χ0v) is 18.4.